The standard InChI is InChI=1S/C14H19NO4/c1-8-4-10-5-12(18-3)11(6-13(10)19-8)7-15-9(2)14(16)17/h5-6,8-9,15H,4,7H2,1-3H3,(H,16,17). The third kappa shape index (κ3) is 2.98. The van der Waals surface area contributed by atoms with Crippen molar-refractivity contribution in [2.75, 3.05) is 7.11 Å². The molecule has 0 aliphatic carbocycles. The number of hydrogen-bond acceptors (Lipinski definition) is 4. The van der Waals surface area contributed by atoms with Gasteiger partial charge in [0.05, 0.1) is 7.11 Å². The van der Waals surface area contributed by atoms with Gasteiger partial charge in [0, 0.05) is 24.1 Å². The van der Waals surface area contributed by atoms with Gasteiger partial charge in [-0.05, 0) is 26.0 Å². The van der Waals surface area contributed by atoms with Crippen LogP contribution in [0.1, 0.15) is 25.0 Å². The molecule has 2 unspecified atom stereocenters. The van der Waals surface area contributed by atoms with Gasteiger partial charge >= 0.3 is 5.97 Å². The summed E-state index contributed by atoms with van der Waals surface area (Å²) in [5.41, 5.74) is 2.04. The molecule has 2 atom stereocenters. The third-order valence-electron chi connectivity index (χ3n) is 3.27. The van der Waals surface area contributed by atoms with Gasteiger partial charge in [-0.1, -0.05) is 0 Å². The summed E-state index contributed by atoms with van der Waals surface area (Å²) in [7, 11) is 1.62. The topological polar surface area (TPSA) is 67.8 Å². The van der Waals surface area contributed by atoms with Crippen molar-refractivity contribution in [3.63, 3.8) is 0 Å². The van der Waals surface area contributed by atoms with Gasteiger partial charge in [0.15, 0.2) is 0 Å². The number of methoxy groups -OCH3 is 1. The summed E-state index contributed by atoms with van der Waals surface area (Å²) >= 11 is 0. The Bertz CT molecular complexity index is 487. The molecule has 0 fully saturated rings. The van der Waals surface area contributed by atoms with E-state index in [0.29, 0.717) is 6.54 Å². The minimum atomic E-state index is -0.870. The Morgan fingerprint density at radius 1 is 1.63 bits per heavy atom. The molecule has 0 aromatic heterocycles. The first kappa shape index (κ1) is 13.7. The molecule has 0 amide bonds. The molecular formula is C14H19NO4. The van der Waals surface area contributed by atoms with E-state index in [4.69, 9.17) is 14.6 Å². The molecule has 1 heterocycles. The van der Waals surface area contributed by atoms with Gasteiger partial charge in [-0.3, -0.25) is 4.79 Å². The first-order valence-corrected chi connectivity index (χ1v) is 6.34. The van der Waals surface area contributed by atoms with Crippen molar-refractivity contribution < 1.29 is 19.4 Å². The van der Waals surface area contributed by atoms with Gasteiger partial charge in [0.2, 0.25) is 0 Å². The number of rotatable bonds is 5. The second-order valence-corrected chi connectivity index (χ2v) is 4.85. The lowest BCUT2D eigenvalue weighted by Gasteiger charge is -2.13. The lowest BCUT2D eigenvalue weighted by Crippen LogP contribution is -2.33. The highest BCUT2D eigenvalue weighted by atomic mass is 16.5. The van der Waals surface area contributed by atoms with Crippen LogP contribution in [0.25, 0.3) is 0 Å². The first-order chi connectivity index (χ1) is 9.01. The highest BCUT2D eigenvalue weighted by molar-refractivity contribution is 5.72. The van der Waals surface area contributed by atoms with E-state index in [0.717, 1.165) is 29.0 Å². The monoisotopic (exact) mass is 265 g/mol. The number of ether oxygens (including phenoxy) is 2. The van der Waals surface area contributed by atoms with Crippen molar-refractivity contribution in [1.29, 1.82) is 0 Å². The molecular weight excluding hydrogens is 246 g/mol. The largest absolute Gasteiger partial charge is 0.496 e. The molecule has 1 aromatic carbocycles. The average molecular weight is 265 g/mol. The number of hydrogen-bond donors (Lipinski definition) is 2. The van der Waals surface area contributed by atoms with E-state index in [1.807, 2.05) is 19.1 Å². The first-order valence-electron chi connectivity index (χ1n) is 6.34. The lowest BCUT2D eigenvalue weighted by atomic mass is 10.1. The average Bonchev–Trinajstić information content (AvgIpc) is 2.73. The van der Waals surface area contributed by atoms with E-state index in [-0.39, 0.29) is 6.10 Å². The summed E-state index contributed by atoms with van der Waals surface area (Å²) < 4.78 is 11.1. The van der Waals surface area contributed by atoms with Crippen LogP contribution >= 0.6 is 0 Å². The van der Waals surface area contributed by atoms with Crippen molar-refractivity contribution in [2.24, 2.45) is 0 Å². The Hall–Kier alpha value is -1.75. The summed E-state index contributed by atoms with van der Waals surface area (Å²) in [5.74, 6) is 0.764. The minimum absolute atomic E-state index is 0.181. The Kier molecular flexibility index (Phi) is 3.95. The van der Waals surface area contributed by atoms with Crippen LogP contribution in [0.5, 0.6) is 11.5 Å². The number of benzene rings is 1. The molecule has 0 radical (unpaired) electrons. The maximum absolute atomic E-state index is 10.8. The van der Waals surface area contributed by atoms with Gasteiger partial charge < -0.3 is 19.9 Å². The number of nitrogens with one attached hydrogen (secondary N) is 1. The fourth-order valence-electron chi connectivity index (χ4n) is 2.16. The summed E-state index contributed by atoms with van der Waals surface area (Å²) in [6.45, 7) is 4.07. The van der Waals surface area contributed by atoms with E-state index in [9.17, 15) is 4.79 Å². The molecule has 1 aliphatic heterocycles. The number of aliphatic carboxylic acids is 1. The maximum atomic E-state index is 10.8. The summed E-state index contributed by atoms with van der Waals surface area (Å²) in [6.07, 6.45) is 1.06. The molecule has 1 aromatic rings. The molecule has 0 spiro atoms. The Labute approximate surface area is 112 Å². The SMILES string of the molecule is COc1cc2c(cc1CNC(C)C(=O)O)OC(C)C2. The quantitative estimate of drug-likeness (QED) is 0.846. The number of fused-ring (bicyclic) bond motifs is 1. The van der Waals surface area contributed by atoms with Crippen LogP contribution in [0.2, 0.25) is 0 Å². The van der Waals surface area contributed by atoms with Gasteiger partial charge in [-0.15, -0.1) is 0 Å². The maximum Gasteiger partial charge on any atom is 0.320 e. The van der Waals surface area contributed by atoms with Crippen LogP contribution in [0.3, 0.4) is 0 Å². The minimum Gasteiger partial charge on any atom is -0.496 e. The van der Waals surface area contributed by atoms with E-state index >= 15 is 0 Å². The highest BCUT2D eigenvalue weighted by Gasteiger charge is 2.22. The molecule has 104 valence electrons. The van der Waals surface area contributed by atoms with Crippen LogP contribution in [0.4, 0.5) is 0 Å². The molecule has 19 heavy (non-hydrogen) atoms. The van der Waals surface area contributed by atoms with Gasteiger partial charge in [0.1, 0.15) is 23.6 Å². The predicted molar refractivity (Wildman–Crippen MR) is 70.7 cm³/mol. The smallest absolute Gasteiger partial charge is 0.320 e. The summed E-state index contributed by atoms with van der Waals surface area (Å²) in [6, 6.07) is 3.30. The molecule has 5 heteroatoms. The Morgan fingerprint density at radius 3 is 3.00 bits per heavy atom. The molecule has 0 saturated carbocycles. The van der Waals surface area contributed by atoms with Crippen LogP contribution < -0.4 is 14.8 Å². The van der Waals surface area contributed by atoms with Crippen molar-refractivity contribution in [1.82, 2.24) is 5.32 Å². The van der Waals surface area contributed by atoms with Crippen molar-refractivity contribution in [3.05, 3.63) is 23.3 Å². The van der Waals surface area contributed by atoms with Crippen LogP contribution in [0, 0.1) is 0 Å². The van der Waals surface area contributed by atoms with Crippen LogP contribution in [-0.4, -0.2) is 30.3 Å². The lowest BCUT2D eigenvalue weighted by molar-refractivity contribution is -0.139. The zero-order valence-electron chi connectivity index (χ0n) is 11.4. The van der Waals surface area contributed by atoms with Gasteiger partial charge in [-0.2, -0.15) is 0 Å². The molecule has 2 rings (SSSR count). The van der Waals surface area contributed by atoms with E-state index in [2.05, 4.69) is 5.32 Å². The van der Waals surface area contributed by atoms with Gasteiger partial charge in [0.25, 0.3) is 0 Å². The zero-order chi connectivity index (χ0) is 14.0. The van der Waals surface area contributed by atoms with E-state index in [1.54, 1.807) is 14.0 Å². The normalized spacial score (nSPS) is 18.6. The Balaban J connectivity index is 2.16. The predicted octanol–water partition coefficient (Wildman–Crippen LogP) is 1.58. The Morgan fingerprint density at radius 2 is 2.37 bits per heavy atom. The fraction of sp³-hybridized carbons (Fsp3) is 0.500. The van der Waals surface area contributed by atoms with E-state index in [1.165, 1.54) is 0 Å². The molecule has 1 aliphatic rings. The summed E-state index contributed by atoms with van der Waals surface area (Å²) in [4.78, 5) is 10.8. The number of carboxylic acid groups (broad SMARTS) is 1. The molecule has 5 nitrogen and oxygen atoms in total. The third-order valence-corrected chi connectivity index (χ3v) is 3.27. The van der Waals surface area contributed by atoms with Crippen LogP contribution in [-0.2, 0) is 17.8 Å². The molecule has 2 N–H and O–H groups in total. The molecule has 0 bridgehead atoms. The second-order valence-electron chi connectivity index (χ2n) is 4.85. The number of carboxylic acids is 1. The summed E-state index contributed by atoms with van der Waals surface area (Å²) in [5, 5.41) is 11.8. The van der Waals surface area contributed by atoms with Crippen molar-refractivity contribution in [3.8, 4) is 11.5 Å². The van der Waals surface area contributed by atoms with Crippen LogP contribution in [0.15, 0.2) is 12.1 Å². The highest BCUT2D eigenvalue weighted by Crippen LogP contribution is 2.34. The second kappa shape index (κ2) is 5.48. The molecule has 0 saturated heterocycles. The van der Waals surface area contributed by atoms with Crippen molar-refractivity contribution in [2.45, 2.75) is 39.0 Å². The van der Waals surface area contributed by atoms with Crippen molar-refractivity contribution >= 4 is 5.97 Å². The number of carbonyl (C=O) groups is 1. The zero-order valence-corrected chi connectivity index (χ0v) is 11.4. The fourth-order valence-corrected chi connectivity index (χ4v) is 2.16. The van der Waals surface area contributed by atoms with Gasteiger partial charge in [-0.25, -0.2) is 0 Å². The van der Waals surface area contributed by atoms with E-state index < -0.39 is 12.0 Å².